The molecule has 0 radical (unpaired) electrons. The number of aryl methyl sites for hydroxylation is 1. The molecule has 0 aliphatic heterocycles. The average Bonchev–Trinajstić information content (AvgIpc) is 2.84. The highest BCUT2D eigenvalue weighted by molar-refractivity contribution is 5.84. The number of imidazole rings is 1. The van der Waals surface area contributed by atoms with Crippen molar-refractivity contribution in [1.29, 1.82) is 0 Å². The monoisotopic (exact) mass is 269 g/mol. The van der Waals surface area contributed by atoms with E-state index in [-0.39, 0.29) is 5.82 Å². The number of fused-ring (bicyclic) bond motifs is 1. The van der Waals surface area contributed by atoms with Gasteiger partial charge >= 0.3 is 0 Å². The van der Waals surface area contributed by atoms with Crippen LogP contribution in [-0.2, 0) is 6.54 Å². The third kappa shape index (κ3) is 1.93. The molecule has 2 aromatic carbocycles. The van der Waals surface area contributed by atoms with Gasteiger partial charge in [-0.05, 0) is 31.2 Å². The van der Waals surface area contributed by atoms with Gasteiger partial charge in [0, 0.05) is 30.9 Å². The van der Waals surface area contributed by atoms with Crippen molar-refractivity contribution < 1.29 is 4.39 Å². The fraction of sp³-hybridized carbons (Fsp3) is 0.188. The molecule has 4 heteroatoms. The summed E-state index contributed by atoms with van der Waals surface area (Å²) < 4.78 is 15.5. The molecular formula is C16H16FN3. The molecular weight excluding hydrogens is 253 g/mol. The van der Waals surface area contributed by atoms with Crippen molar-refractivity contribution in [2.75, 3.05) is 12.4 Å². The van der Waals surface area contributed by atoms with E-state index in [1.165, 1.54) is 12.1 Å². The third-order valence-corrected chi connectivity index (χ3v) is 3.46. The topological polar surface area (TPSA) is 29.9 Å². The van der Waals surface area contributed by atoms with Crippen LogP contribution in [0.1, 0.15) is 6.92 Å². The Hall–Kier alpha value is -2.36. The lowest BCUT2D eigenvalue weighted by Crippen LogP contribution is -2.00. The SMILES string of the molecule is CCn1c(-c2ccccc2NC)nc2cc(F)ccc21. The van der Waals surface area contributed by atoms with Crippen LogP contribution in [0.2, 0.25) is 0 Å². The van der Waals surface area contributed by atoms with Crippen LogP contribution in [0.15, 0.2) is 42.5 Å². The van der Waals surface area contributed by atoms with Crippen molar-refractivity contribution in [2.24, 2.45) is 0 Å². The molecule has 3 rings (SSSR count). The van der Waals surface area contributed by atoms with Gasteiger partial charge in [0.1, 0.15) is 11.6 Å². The molecule has 0 spiro atoms. The molecule has 1 N–H and O–H groups in total. The van der Waals surface area contributed by atoms with Gasteiger partial charge in [-0.25, -0.2) is 9.37 Å². The number of hydrogen-bond donors (Lipinski definition) is 1. The number of nitrogens with one attached hydrogen (secondary N) is 1. The maximum atomic E-state index is 13.4. The second-order valence-corrected chi connectivity index (χ2v) is 4.61. The molecule has 0 bridgehead atoms. The normalized spacial score (nSPS) is 10.9. The Bertz CT molecular complexity index is 762. The molecule has 1 heterocycles. The lowest BCUT2D eigenvalue weighted by Gasteiger charge is -2.10. The highest BCUT2D eigenvalue weighted by atomic mass is 19.1. The maximum absolute atomic E-state index is 13.4. The van der Waals surface area contributed by atoms with E-state index in [1.54, 1.807) is 6.07 Å². The lowest BCUT2D eigenvalue weighted by atomic mass is 10.1. The van der Waals surface area contributed by atoms with E-state index in [0.717, 1.165) is 29.1 Å². The van der Waals surface area contributed by atoms with Crippen LogP contribution >= 0.6 is 0 Å². The van der Waals surface area contributed by atoms with Crippen LogP contribution in [0, 0.1) is 5.82 Å². The van der Waals surface area contributed by atoms with Gasteiger partial charge in [-0.1, -0.05) is 12.1 Å². The number of anilines is 1. The van der Waals surface area contributed by atoms with E-state index in [1.807, 2.05) is 31.3 Å². The Morgan fingerprint density at radius 1 is 1.20 bits per heavy atom. The van der Waals surface area contributed by atoms with Crippen LogP contribution in [0.3, 0.4) is 0 Å². The Balaban J connectivity index is 2.30. The molecule has 0 saturated carbocycles. The van der Waals surface area contributed by atoms with E-state index in [2.05, 4.69) is 21.8 Å². The van der Waals surface area contributed by atoms with E-state index in [9.17, 15) is 4.39 Å². The van der Waals surface area contributed by atoms with Gasteiger partial charge in [0.2, 0.25) is 0 Å². The zero-order valence-corrected chi connectivity index (χ0v) is 11.5. The Morgan fingerprint density at radius 2 is 2.00 bits per heavy atom. The molecule has 0 aliphatic rings. The van der Waals surface area contributed by atoms with Crippen molar-refractivity contribution >= 4 is 16.7 Å². The summed E-state index contributed by atoms with van der Waals surface area (Å²) in [6.07, 6.45) is 0. The molecule has 1 aromatic heterocycles. The number of rotatable bonds is 3. The predicted octanol–water partition coefficient (Wildman–Crippen LogP) is 3.90. The summed E-state index contributed by atoms with van der Waals surface area (Å²) in [4.78, 5) is 4.61. The van der Waals surface area contributed by atoms with Gasteiger partial charge in [0.25, 0.3) is 0 Å². The second-order valence-electron chi connectivity index (χ2n) is 4.61. The molecule has 0 unspecified atom stereocenters. The van der Waals surface area contributed by atoms with Gasteiger partial charge in [-0.15, -0.1) is 0 Å². The number of aromatic nitrogens is 2. The fourth-order valence-electron chi connectivity index (χ4n) is 2.52. The minimum Gasteiger partial charge on any atom is -0.388 e. The Morgan fingerprint density at radius 3 is 2.75 bits per heavy atom. The van der Waals surface area contributed by atoms with E-state index >= 15 is 0 Å². The summed E-state index contributed by atoms with van der Waals surface area (Å²) in [6.45, 7) is 2.85. The largest absolute Gasteiger partial charge is 0.388 e. The number of nitrogens with zero attached hydrogens (tertiary/aromatic N) is 2. The molecule has 20 heavy (non-hydrogen) atoms. The summed E-state index contributed by atoms with van der Waals surface area (Å²) in [5.41, 5.74) is 3.67. The number of hydrogen-bond acceptors (Lipinski definition) is 2. The van der Waals surface area contributed by atoms with Crippen molar-refractivity contribution in [3.63, 3.8) is 0 Å². The van der Waals surface area contributed by atoms with Crippen LogP contribution in [0.4, 0.5) is 10.1 Å². The van der Waals surface area contributed by atoms with Crippen molar-refractivity contribution in [3.05, 3.63) is 48.3 Å². The quantitative estimate of drug-likeness (QED) is 0.781. The van der Waals surface area contributed by atoms with Crippen molar-refractivity contribution in [3.8, 4) is 11.4 Å². The van der Waals surface area contributed by atoms with E-state index in [0.29, 0.717) is 5.52 Å². The number of para-hydroxylation sites is 1. The first-order chi connectivity index (χ1) is 9.74. The Labute approximate surface area is 117 Å². The molecule has 3 aromatic rings. The van der Waals surface area contributed by atoms with Crippen molar-refractivity contribution in [2.45, 2.75) is 13.5 Å². The molecule has 3 nitrogen and oxygen atoms in total. The average molecular weight is 269 g/mol. The van der Waals surface area contributed by atoms with Gasteiger partial charge in [0.15, 0.2) is 0 Å². The van der Waals surface area contributed by atoms with Crippen LogP contribution in [-0.4, -0.2) is 16.6 Å². The molecule has 0 saturated heterocycles. The highest BCUT2D eigenvalue weighted by Crippen LogP contribution is 2.30. The third-order valence-electron chi connectivity index (χ3n) is 3.46. The smallest absolute Gasteiger partial charge is 0.143 e. The fourth-order valence-corrected chi connectivity index (χ4v) is 2.52. The minimum absolute atomic E-state index is 0.258. The van der Waals surface area contributed by atoms with Crippen LogP contribution in [0.25, 0.3) is 22.4 Å². The first-order valence-electron chi connectivity index (χ1n) is 6.67. The van der Waals surface area contributed by atoms with Crippen LogP contribution < -0.4 is 5.32 Å². The zero-order chi connectivity index (χ0) is 14.1. The summed E-state index contributed by atoms with van der Waals surface area (Å²) >= 11 is 0. The summed E-state index contributed by atoms with van der Waals surface area (Å²) in [5.74, 6) is 0.602. The Kier molecular flexibility index (Phi) is 3.14. The summed E-state index contributed by atoms with van der Waals surface area (Å²) in [5, 5.41) is 3.17. The molecule has 0 fully saturated rings. The maximum Gasteiger partial charge on any atom is 0.143 e. The number of halogens is 1. The number of benzene rings is 2. The van der Waals surface area contributed by atoms with E-state index < -0.39 is 0 Å². The van der Waals surface area contributed by atoms with Gasteiger partial charge in [0.05, 0.1) is 11.0 Å². The molecule has 0 aliphatic carbocycles. The summed E-state index contributed by atoms with van der Waals surface area (Å²) in [7, 11) is 1.89. The van der Waals surface area contributed by atoms with Gasteiger partial charge < -0.3 is 9.88 Å². The van der Waals surface area contributed by atoms with Crippen molar-refractivity contribution in [1.82, 2.24) is 9.55 Å². The lowest BCUT2D eigenvalue weighted by molar-refractivity contribution is 0.629. The summed E-state index contributed by atoms with van der Waals surface area (Å²) in [6, 6.07) is 12.7. The molecule has 0 amide bonds. The molecule has 102 valence electrons. The molecule has 0 atom stereocenters. The zero-order valence-electron chi connectivity index (χ0n) is 11.5. The predicted molar refractivity (Wildman–Crippen MR) is 80.3 cm³/mol. The first kappa shape index (κ1) is 12.7. The minimum atomic E-state index is -0.258. The van der Waals surface area contributed by atoms with Crippen LogP contribution in [0.5, 0.6) is 0 Å². The van der Waals surface area contributed by atoms with E-state index in [4.69, 9.17) is 0 Å². The van der Waals surface area contributed by atoms with Gasteiger partial charge in [-0.3, -0.25) is 0 Å². The first-order valence-corrected chi connectivity index (χ1v) is 6.67. The second kappa shape index (κ2) is 4.96. The standard InChI is InChI=1S/C16H16FN3/c1-3-20-15-9-8-11(17)10-14(15)19-16(20)12-6-4-5-7-13(12)18-2/h4-10,18H,3H2,1-2H3. The highest BCUT2D eigenvalue weighted by Gasteiger charge is 2.14. The van der Waals surface area contributed by atoms with Gasteiger partial charge in [-0.2, -0.15) is 0 Å².